The van der Waals surface area contributed by atoms with Crippen molar-refractivity contribution in [2.75, 3.05) is 0 Å². The van der Waals surface area contributed by atoms with Crippen molar-refractivity contribution in [1.82, 2.24) is 5.32 Å². The van der Waals surface area contributed by atoms with Gasteiger partial charge in [-0.25, -0.2) is 0 Å². The van der Waals surface area contributed by atoms with E-state index in [1.807, 2.05) is 37.3 Å². The summed E-state index contributed by atoms with van der Waals surface area (Å²) in [6.07, 6.45) is 0. The monoisotopic (exact) mass is 300 g/mol. The van der Waals surface area contributed by atoms with E-state index in [1.54, 1.807) is 12.1 Å². The Morgan fingerprint density at radius 2 is 1.90 bits per heavy atom. The Balaban J connectivity index is 2.25. The first-order valence-electron chi connectivity index (χ1n) is 6.44. The molecule has 5 heteroatoms. The third kappa shape index (κ3) is 3.58. The van der Waals surface area contributed by atoms with Crippen LogP contribution in [0.3, 0.4) is 0 Å². The molecule has 2 aromatic rings. The molecule has 0 aliphatic carbocycles. The number of hydrogen-bond donors (Lipinski definition) is 3. The zero-order chi connectivity index (χ0) is 15.4. The Morgan fingerprint density at radius 1 is 1.24 bits per heavy atom. The van der Waals surface area contributed by atoms with Gasteiger partial charge in [0.15, 0.2) is 0 Å². The number of carbonyl (C=O) groups is 1. The van der Waals surface area contributed by atoms with Crippen LogP contribution < -0.4 is 11.1 Å². The summed E-state index contributed by atoms with van der Waals surface area (Å²) in [4.78, 5) is 12.4. The van der Waals surface area contributed by atoms with Crippen LogP contribution >= 0.6 is 12.2 Å². The lowest BCUT2D eigenvalue weighted by Crippen LogP contribution is -2.36. The standard InChI is InChI=1S/C16H16N2O2S/c1-10-7-8-12(13(19)9-10)16(20)18-14(15(17)21)11-5-3-2-4-6-11/h2-9,14,19H,1H3,(H2,17,21)(H,18,20). The van der Waals surface area contributed by atoms with Crippen molar-refractivity contribution in [3.05, 3.63) is 65.2 Å². The van der Waals surface area contributed by atoms with E-state index in [-0.39, 0.29) is 16.3 Å². The lowest BCUT2D eigenvalue weighted by Gasteiger charge is -2.18. The molecule has 1 amide bonds. The molecule has 0 saturated heterocycles. The first kappa shape index (κ1) is 15.0. The van der Waals surface area contributed by atoms with E-state index >= 15 is 0 Å². The number of amides is 1. The Bertz CT molecular complexity index is 671. The van der Waals surface area contributed by atoms with Crippen LogP contribution in [-0.2, 0) is 0 Å². The summed E-state index contributed by atoms with van der Waals surface area (Å²) in [5, 5.41) is 12.6. The lowest BCUT2D eigenvalue weighted by molar-refractivity contribution is 0.0944. The van der Waals surface area contributed by atoms with Crippen LogP contribution in [0.5, 0.6) is 5.75 Å². The predicted molar refractivity (Wildman–Crippen MR) is 86.3 cm³/mol. The van der Waals surface area contributed by atoms with Crippen LogP contribution in [0, 0.1) is 6.92 Å². The predicted octanol–water partition coefficient (Wildman–Crippen LogP) is 2.46. The van der Waals surface area contributed by atoms with Gasteiger partial charge in [-0.2, -0.15) is 0 Å². The number of thiocarbonyl (C=S) groups is 1. The molecule has 0 fully saturated rings. The Kier molecular flexibility index (Phi) is 4.55. The maximum atomic E-state index is 12.3. The Hall–Kier alpha value is -2.40. The van der Waals surface area contributed by atoms with Gasteiger partial charge in [0, 0.05) is 0 Å². The van der Waals surface area contributed by atoms with Crippen LogP contribution in [-0.4, -0.2) is 16.0 Å². The fraction of sp³-hybridized carbons (Fsp3) is 0.125. The number of nitrogens with two attached hydrogens (primary N) is 1. The van der Waals surface area contributed by atoms with Crippen LogP contribution in [0.4, 0.5) is 0 Å². The number of carbonyl (C=O) groups excluding carboxylic acids is 1. The molecular weight excluding hydrogens is 284 g/mol. The van der Waals surface area contributed by atoms with Gasteiger partial charge < -0.3 is 16.2 Å². The molecule has 1 unspecified atom stereocenters. The lowest BCUT2D eigenvalue weighted by atomic mass is 10.1. The summed E-state index contributed by atoms with van der Waals surface area (Å²) < 4.78 is 0. The number of aromatic hydroxyl groups is 1. The quantitative estimate of drug-likeness (QED) is 0.758. The second-order valence-electron chi connectivity index (χ2n) is 4.74. The highest BCUT2D eigenvalue weighted by Crippen LogP contribution is 2.20. The Morgan fingerprint density at radius 3 is 2.48 bits per heavy atom. The molecule has 0 spiro atoms. The van der Waals surface area contributed by atoms with Gasteiger partial charge in [-0.3, -0.25) is 4.79 Å². The number of rotatable bonds is 4. The summed E-state index contributed by atoms with van der Waals surface area (Å²) in [5.74, 6) is -0.489. The van der Waals surface area contributed by atoms with Crippen molar-refractivity contribution >= 4 is 23.1 Å². The minimum absolute atomic E-state index is 0.0674. The first-order valence-corrected chi connectivity index (χ1v) is 6.84. The smallest absolute Gasteiger partial charge is 0.255 e. The highest BCUT2D eigenvalue weighted by Gasteiger charge is 2.19. The van der Waals surface area contributed by atoms with E-state index in [0.29, 0.717) is 0 Å². The summed E-state index contributed by atoms with van der Waals surface area (Å²) in [6.45, 7) is 1.84. The molecule has 0 saturated carbocycles. The molecule has 1 atom stereocenters. The molecule has 0 aromatic heterocycles. The molecule has 2 rings (SSSR count). The summed E-state index contributed by atoms with van der Waals surface area (Å²) in [5.41, 5.74) is 7.57. The van der Waals surface area contributed by atoms with Crippen molar-refractivity contribution in [2.24, 2.45) is 5.73 Å². The maximum Gasteiger partial charge on any atom is 0.255 e. The minimum Gasteiger partial charge on any atom is -0.507 e. The van der Waals surface area contributed by atoms with Gasteiger partial charge in [-0.1, -0.05) is 48.6 Å². The molecule has 0 heterocycles. The zero-order valence-electron chi connectivity index (χ0n) is 11.5. The van der Waals surface area contributed by atoms with Crippen molar-refractivity contribution in [3.63, 3.8) is 0 Å². The summed E-state index contributed by atoms with van der Waals surface area (Å²) in [6, 6.07) is 13.5. The van der Waals surface area contributed by atoms with Crippen molar-refractivity contribution in [1.29, 1.82) is 0 Å². The molecule has 21 heavy (non-hydrogen) atoms. The second kappa shape index (κ2) is 6.37. The van der Waals surface area contributed by atoms with Crippen molar-refractivity contribution in [2.45, 2.75) is 13.0 Å². The number of phenolic OH excluding ortho intramolecular Hbond substituents is 1. The van der Waals surface area contributed by atoms with Crippen LogP contribution in [0.2, 0.25) is 0 Å². The van der Waals surface area contributed by atoms with Gasteiger partial charge in [-0.15, -0.1) is 0 Å². The van der Waals surface area contributed by atoms with Gasteiger partial charge >= 0.3 is 0 Å². The van der Waals surface area contributed by atoms with Gasteiger partial charge in [0.25, 0.3) is 5.91 Å². The number of phenols is 1. The molecule has 2 aromatic carbocycles. The summed E-state index contributed by atoms with van der Waals surface area (Å²) >= 11 is 5.02. The van der Waals surface area contributed by atoms with Gasteiger partial charge in [-0.05, 0) is 30.2 Å². The van der Waals surface area contributed by atoms with E-state index in [9.17, 15) is 9.90 Å². The van der Waals surface area contributed by atoms with Crippen molar-refractivity contribution in [3.8, 4) is 5.75 Å². The number of benzene rings is 2. The number of hydrogen-bond acceptors (Lipinski definition) is 3. The third-order valence-corrected chi connectivity index (χ3v) is 3.33. The van der Waals surface area contributed by atoms with Gasteiger partial charge in [0.2, 0.25) is 0 Å². The van der Waals surface area contributed by atoms with Crippen molar-refractivity contribution < 1.29 is 9.90 Å². The zero-order valence-corrected chi connectivity index (χ0v) is 12.4. The molecule has 0 radical (unpaired) electrons. The topological polar surface area (TPSA) is 75.4 Å². The van der Waals surface area contributed by atoms with E-state index < -0.39 is 11.9 Å². The third-order valence-electron chi connectivity index (χ3n) is 3.09. The minimum atomic E-state index is -0.575. The van der Waals surface area contributed by atoms with Gasteiger partial charge in [0.05, 0.1) is 5.56 Å². The van der Waals surface area contributed by atoms with E-state index in [0.717, 1.165) is 11.1 Å². The van der Waals surface area contributed by atoms with Crippen LogP contribution in [0.15, 0.2) is 48.5 Å². The Labute approximate surface area is 128 Å². The number of nitrogens with one attached hydrogen (secondary N) is 1. The molecule has 4 N–H and O–H groups in total. The van der Waals surface area contributed by atoms with Crippen LogP contribution in [0.25, 0.3) is 0 Å². The van der Waals surface area contributed by atoms with Gasteiger partial charge in [0.1, 0.15) is 16.8 Å². The average Bonchev–Trinajstić information content (AvgIpc) is 2.45. The maximum absolute atomic E-state index is 12.3. The summed E-state index contributed by atoms with van der Waals surface area (Å²) in [7, 11) is 0. The highest BCUT2D eigenvalue weighted by atomic mass is 32.1. The fourth-order valence-corrected chi connectivity index (χ4v) is 2.20. The fourth-order valence-electron chi connectivity index (χ4n) is 2.01. The second-order valence-corrected chi connectivity index (χ2v) is 5.21. The molecule has 0 aliphatic heterocycles. The van der Waals surface area contributed by atoms with E-state index in [2.05, 4.69) is 5.32 Å². The van der Waals surface area contributed by atoms with E-state index in [1.165, 1.54) is 6.07 Å². The van der Waals surface area contributed by atoms with Crippen LogP contribution in [0.1, 0.15) is 27.5 Å². The highest BCUT2D eigenvalue weighted by molar-refractivity contribution is 7.80. The number of aryl methyl sites for hydroxylation is 1. The largest absolute Gasteiger partial charge is 0.507 e. The normalized spacial score (nSPS) is 11.7. The molecular formula is C16H16N2O2S. The first-order chi connectivity index (χ1) is 9.99. The SMILES string of the molecule is Cc1ccc(C(=O)NC(C(N)=S)c2ccccc2)c(O)c1. The molecule has 0 aliphatic rings. The van der Waals surface area contributed by atoms with E-state index in [4.69, 9.17) is 18.0 Å². The molecule has 0 bridgehead atoms. The molecule has 108 valence electrons. The average molecular weight is 300 g/mol. The molecule has 4 nitrogen and oxygen atoms in total.